The van der Waals surface area contributed by atoms with Gasteiger partial charge in [0.05, 0.1) is 6.54 Å². The van der Waals surface area contributed by atoms with Crippen molar-refractivity contribution in [2.24, 2.45) is 12.0 Å². The van der Waals surface area contributed by atoms with E-state index >= 15 is 0 Å². The molecule has 0 bridgehead atoms. The SMILES string of the molecule is CN=C(NCc1ccc(F)cc1)NCc1nncn1C.I. The van der Waals surface area contributed by atoms with Crippen LogP contribution in [0, 0.1) is 5.82 Å². The summed E-state index contributed by atoms with van der Waals surface area (Å²) >= 11 is 0. The van der Waals surface area contributed by atoms with Gasteiger partial charge < -0.3 is 15.2 Å². The van der Waals surface area contributed by atoms with Gasteiger partial charge in [0.2, 0.25) is 0 Å². The van der Waals surface area contributed by atoms with Crippen LogP contribution >= 0.6 is 24.0 Å². The zero-order chi connectivity index (χ0) is 14.4. The number of aliphatic imine (C=N–C) groups is 1. The second kappa shape index (κ2) is 8.55. The molecule has 1 aromatic heterocycles. The van der Waals surface area contributed by atoms with E-state index in [1.807, 2.05) is 11.6 Å². The predicted octanol–water partition coefficient (Wildman–Crippen LogP) is 1.44. The Kier molecular flexibility index (Phi) is 7.06. The van der Waals surface area contributed by atoms with Gasteiger partial charge in [-0.05, 0) is 17.7 Å². The van der Waals surface area contributed by atoms with Gasteiger partial charge in [0, 0.05) is 20.6 Å². The Morgan fingerprint density at radius 2 is 1.90 bits per heavy atom. The highest BCUT2D eigenvalue weighted by Gasteiger charge is 2.03. The summed E-state index contributed by atoms with van der Waals surface area (Å²) in [5, 5.41) is 14.1. The average Bonchev–Trinajstić information content (AvgIpc) is 2.86. The molecule has 0 fully saturated rings. The first kappa shape index (κ1) is 17.3. The van der Waals surface area contributed by atoms with E-state index in [1.165, 1.54) is 12.1 Å². The highest BCUT2D eigenvalue weighted by molar-refractivity contribution is 14.0. The van der Waals surface area contributed by atoms with Crippen LogP contribution in [0.25, 0.3) is 0 Å². The van der Waals surface area contributed by atoms with Crippen molar-refractivity contribution in [3.8, 4) is 0 Å². The minimum absolute atomic E-state index is 0. The van der Waals surface area contributed by atoms with Crippen LogP contribution in [-0.2, 0) is 20.1 Å². The van der Waals surface area contributed by atoms with E-state index < -0.39 is 0 Å². The molecule has 2 N–H and O–H groups in total. The Bertz CT molecular complexity index is 581. The maximum absolute atomic E-state index is 12.8. The molecule has 1 heterocycles. The number of nitrogens with zero attached hydrogens (tertiary/aromatic N) is 4. The second-order valence-corrected chi connectivity index (χ2v) is 4.26. The van der Waals surface area contributed by atoms with Crippen LogP contribution in [0.4, 0.5) is 4.39 Å². The minimum Gasteiger partial charge on any atom is -0.352 e. The van der Waals surface area contributed by atoms with Crippen molar-refractivity contribution in [1.82, 2.24) is 25.4 Å². The number of benzene rings is 1. The van der Waals surface area contributed by atoms with Crippen LogP contribution in [0.3, 0.4) is 0 Å². The van der Waals surface area contributed by atoms with Crippen molar-refractivity contribution in [3.05, 3.63) is 47.8 Å². The minimum atomic E-state index is -0.237. The van der Waals surface area contributed by atoms with Crippen LogP contribution < -0.4 is 10.6 Å². The van der Waals surface area contributed by atoms with Crippen molar-refractivity contribution in [2.75, 3.05) is 7.05 Å². The number of guanidine groups is 1. The Morgan fingerprint density at radius 1 is 1.24 bits per heavy atom. The summed E-state index contributed by atoms with van der Waals surface area (Å²) in [4.78, 5) is 4.11. The first-order valence-corrected chi connectivity index (χ1v) is 6.21. The Hall–Kier alpha value is -1.71. The number of aromatic nitrogens is 3. The number of nitrogens with one attached hydrogen (secondary N) is 2. The van der Waals surface area contributed by atoms with Gasteiger partial charge in [0.25, 0.3) is 0 Å². The summed E-state index contributed by atoms with van der Waals surface area (Å²) in [5.41, 5.74) is 0.980. The van der Waals surface area contributed by atoms with Crippen molar-refractivity contribution in [1.29, 1.82) is 0 Å². The fraction of sp³-hybridized carbons (Fsp3) is 0.308. The summed E-state index contributed by atoms with van der Waals surface area (Å²) in [5.74, 6) is 1.23. The van der Waals surface area contributed by atoms with E-state index in [9.17, 15) is 4.39 Å². The molecule has 1 aromatic carbocycles. The third kappa shape index (κ3) is 5.29. The Balaban J connectivity index is 0.00000220. The molecule has 0 aliphatic heterocycles. The monoisotopic (exact) mass is 404 g/mol. The lowest BCUT2D eigenvalue weighted by atomic mass is 10.2. The molecule has 0 amide bonds. The lowest BCUT2D eigenvalue weighted by Crippen LogP contribution is -2.36. The molecule has 114 valence electrons. The third-order valence-electron chi connectivity index (χ3n) is 2.82. The first-order chi connectivity index (χ1) is 9.69. The number of halogens is 2. The normalized spacial score (nSPS) is 10.9. The second-order valence-electron chi connectivity index (χ2n) is 4.26. The smallest absolute Gasteiger partial charge is 0.191 e. The molecule has 2 rings (SSSR count). The molecular formula is C13H18FIN6. The lowest BCUT2D eigenvalue weighted by molar-refractivity contribution is 0.626. The number of hydrogen-bond donors (Lipinski definition) is 2. The molecule has 0 unspecified atom stereocenters. The summed E-state index contributed by atoms with van der Waals surface area (Å²) in [6.45, 7) is 1.10. The van der Waals surface area contributed by atoms with Gasteiger partial charge in [-0.3, -0.25) is 4.99 Å². The molecule has 8 heteroatoms. The molecule has 21 heavy (non-hydrogen) atoms. The molecular weight excluding hydrogens is 386 g/mol. The van der Waals surface area contributed by atoms with Crippen LogP contribution in [0.15, 0.2) is 35.6 Å². The van der Waals surface area contributed by atoms with E-state index in [4.69, 9.17) is 0 Å². The van der Waals surface area contributed by atoms with Crippen LogP contribution in [-0.4, -0.2) is 27.8 Å². The van der Waals surface area contributed by atoms with Gasteiger partial charge in [-0.2, -0.15) is 0 Å². The van der Waals surface area contributed by atoms with Crippen LogP contribution in [0.1, 0.15) is 11.4 Å². The molecule has 0 atom stereocenters. The highest BCUT2D eigenvalue weighted by atomic mass is 127. The van der Waals surface area contributed by atoms with Gasteiger partial charge in [-0.15, -0.1) is 34.2 Å². The van der Waals surface area contributed by atoms with Crippen molar-refractivity contribution >= 4 is 29.9 Å². The van der Waals surface area contributed by atoms with Gasteiger partial charge >= 0.3 is 0 Å². The molecule has 2 aromatic rings. The zero-order valence-electron chi connectivity index (χ0n) is 11.9. The molecule has 0 saturated carbocycles. The summed E-state index contributed by atoms with van der Waals surface area (Å²) in [7, 11) is 3.57. The fourth-order valence-corrected chi connectivity index (χ4v) is 1.64. The van der Waals surface area contributed by atoms with Crippen LogP contribution in [0.5, 0.6) is 0 Å². The number of hydrogen-bond acceptors (Lipinski definition) is 3. The van der Waals surface area contributed by atoms with Gasteiger partial charge in [0.1, 0.15) is 12.1 Å². The quantitative estimate of drug-likeness (QED) is 0.460. The van der Waals surface area contributed by atoms with Crippen LogP contribution in [0.2, 0.25) is 0 Å². The van der Waals surface area contributed by atoms with E-state index in [2.05, 4.69) is 25.8 Å². The maximum atomic E-state index is 12.8. The standard InChI is InChI=1S/C13H17FN6.HI/c1-15-13(17-8-12-19-18-9-20(12)2)16-7-10-3-5-11(14)6-4-10;/h3-6,9H,7-8H2,1-2H3,(H2,15,16,17);1H. The van der Waals surface area contributed by atoms with E-state index in [1.54, 1.807) is 25.5 Å². The first-order valence-electron chi connectivity index (χ1n) is 6.21. The number of aryl methyl sites for hydroxylation is 1. The Labute approximate surface area is 139 Å². The number of rotatable bonds is 4. The van der Waals surface area contributed by atoms with Gasteiger partial charge in [0.15, 0.2) is 11.8 Å². The molecule has 0 aliphatic carbocycles. The predicted molar refractivity (Wildman–Crippen MR) is 89.9 cm³/mol. The van der Waals surface area contributed by atoms with E-state index in [0.29, 0.717) is 19.0 Å². The summed E-state index contributed by atoms with van der Waals surface area (Å²) in [6, 6.07) is 6.34. The topological polar surface area (TPSA) is 67.1 Å². The summed E-state index contributed by atoms with van der Waals surface area (Å²) in [6.07, 6.45) is 1.64. The molecule has 0 aliphatic rings. The molecule has 0 saturated heterocycles. The Morgan fingerprint density at radius 3 is 2.48 bits per heavy atom. The lowest BCUT2D eigenvalue weighted by Gasteiger charge is -2.11. The average molecular weight is 404 g/mol. The van der Waals surface area contributed by atoms with E-state index in [-0.39, 0.29) is 29.8 Å². The highest BCUT2D eigenvalue weighted by Crippen LogP contribution is 2.01. The largest absolute Gasteiger partial charge is 0.352 e. The van der Waals surface area contributed by atoms with Crippen molar-refractivity contribution < 1.29 is 4.39 Å². The molecule has 6 nitrogen and oxygen atoms in total. The summed E-state index contributed by atoms with van der Waals surface area (Å²) < 4.78 is 14.6. The van der Waals surface area contributed by atoms with Crippen molar-refractivity contribution in [3.63, 3.8) is 0 Å². The third-order valence-corrected chi connectivity index (χ3v) is 2.82. The zero-order valence-corrected chi connectivity index (χ0v) is 14.2. The van der Waals surface area contributed by atoms with Gasteiger partial charge in [-0.25, -0.2) is 4.39 Å². The maximum Gasteiger partial charge on any atom is 0.191 e. The fourth-order valence-electron chi connectivity index (χ4n) is 1.64. The van der Waals surface area contributed by atoms with Crippen molar-refractivity contribution in [2.45, 2.75) is 13.1 Å². The molecule has 0 spiro atoms. The van der Waals surface area contributed by atoms with E-state index in [0.717, 1.165) is 11.4 Å². The molecule has 0 radical (unpaired) electrons. The van der Waals surface area contributed by atoms with Gasteiger partial charge in [-0.1, -0.05) is 12.1 Å².